The first-order chi connectivity index (χ1) is 14.4. The van der Waals surface area contributed by atoms with Crippen LogP contribution in [-0.4, -0.2) is 40.6 Å². The number of amides is 2. The second-order valence-electron chi connectivity index (χ2n) is 7.94. The number of hydrogen-bond acceptors (Lipinski definition) is 3. The SMILES string of the molecule is Cc1ccccc1-n1nc(C(=O)Nc2ccc(CC(=O)N(C)C)cc2)c2c1CCC2. The number of rotatable bonds is 5. The Morgan fingerprint density at radius 3 is 2.50 bits per heavy atom. The van der Waals surface area contributed by atoms with E-state index >= 15 is 0 Å². The number of fused-ring (bicyclic) bond motifs is 1. The van der Waals surface area contributed by atoms with Crippen LogP contribution in [0.15, 0.2) is 48.5 Å². The highest BCUT2D eigenvalue weighted by atomic mass is 16.2. The Morgan fingerprint density at radius 1 is 1.07 bits per heavy atom. The van der Waals surface area contributed by atoms with E-state index in [0.717, 1.165) is 47.3 Å². The molecule has 0 saturated heterocycles. The summed E-state index contributed by atoms with van der Waals surface area (Å²) in [5.41, 5.74) is 6.43. The Morgan fingerprint density at radius 2 is 1.80 bits per heavy atom. The molecule has 1 N–H and O–H groups in total. The first-order valence-corrected chi connectivity index (χ1v) is 10.2. The van der Waals surface area contributed by atoms with E-state index in [1.54, 1.807) is 19.0 Å². The molecule has 4 rings (SSSR count). The predicted molar refractivity (Wildman–Crippen MR) is 117 cm³/mol. The van der Waals surface area contributed by atoms with Gasteiger partial charge in [0.15, 0.2) is 5.69 Å². The van der Waals surface area contributed by atoms with Crippen LogP contribution in [0.1, 0.15) is 39.3 Å². The van der Waals surface area contributed by atoms with Crippen molar-refractivity contribution >= 4 is 17.5 Å². The molecule has 1 aromatic heterocycles. The average Bonchev–Trinajstić information content (AvgIpc) is 3.32. The molecule has 3 aromatic rings. The van der Waals surface area contributed by atoms with Crippen LogP contribution in [-0.2, 0) is 24.1 Å². The predicted octanol–water partition coefficient (Wildman–Crippen LogP) is 3.55. The molecule has 2 amide bonds. The number of hydrogen-bond donors (Lipinski definition) is 1. The zero-order valence-corrected chi connectivity index (χ0v) is 17.6. The van der Waals surface area contributed by atoms with Gasteiger partial charge in [-0.1, -0.05) is 30.3 Å². The van der Waals surface area contributed by atoms with E-state index < -0.39 is 0 Å². The molecule has 2 aromatic carbocycles. The van der Waals surface area contributed by atoms with Crippen LogP contribution in [0.3, 0.4) is 0 Å². The topological polar surface area (TPSA) is 67.2 Å². The van der Waals surface area contributed by atoms with Crippen LogP contribution in [0, 0.1) is 6.92 Å². The van der Waals surface area contributed by atoms with Crippen molar-refractivity contribution in [3.8, 4) is 5.69 Å². The van der Waals surface area contributed by atoms with Crippen LogP contribution in [0.4, 0.5) is 5.69 Å². The normalized spacial score (nSPS) is 12.5. The zero-order valence-electron chi connectivity index (χ0n) is 17.6. The summed E-state index contributed by atoms with van der Waals surface area (Å²) < 4.78 is 1.93. The maximum absolute atomic E-state index is 13.0. The van der Waals surface area contributed by atoms with Crippen molar-refractivity contribution in [1.82, 2.24) is 14.7 Å². The van der Waals surface area contributed by atoms with E-state index in [2.05, 4.69) is 23.4 Å². The summed E-state index contributed by atoms with van der Waals surface area (Å²) in [5, 5.41) is 7.65. The Kier molecular flexibility index (Phi) is 5.40. The third-order valence-corrected chi connectivity index (χ3v) is 5.55. The highest BCUT2D eigenvalue weighted by Gasteiger charge is 2.27. The lowest BCUT2D eigenvalue weighted by atomic mass is 10.1. The lowest BCUT2D eigenvalue weighted by Crippen LogP contribution is -2.23. The monoisotopic (exact) mass is 402 g/mol. The molecule has 0 spiro atoms. The molecule has 0 saturated carbocycles. The van der Waals surface area contributed by atoms with Gasteiger partial charge in [0.1, 0.15) is 0 Å². The molecule has 0 fully saturated rings. The van der Waals surface area contributed by atoms with Crippen LogP contribution in [0.25, 0.3) is 5.69 Å². The van der Waals surface area contributed by atoms with Gasteiger partial charge in [-0.15, -0.1) is 0 Å². The maximum Gasteiger partial charge on any atom is 0.276 e. The van der Waals surface area contributed by atoms with Gasteiger partial charge in [0.2, 0.25) is 5.91 Å². The molecule has 0 unspecified atom stereocenters. The van der Waals surface area contributed by atoms with Gasteiger partial charge in [-0.3, -0.25) is 9.59 Å². The lowest BCUT2D eigenvalue weighted by molar-refractivity contribution is -0.127. The van der Waals surface area contributed by atoms with Crippen molar-refractivity contribution in [3.63, 3.8) is 0 Å². The van der Waals surface area contributed by atoms with Gasteiger partial charge in [-0.2, -0.15) is 5.10 Å². The fourth-order valence-electron chi connectivity index (χ4n) is 3.85. The zero-order chi connectivity index (χ0) is 21.3. The van der Waals surface area contributed by atoms with Gasteiger partial charge in [-0.05, 0) is 55.5 Å². The van der Waals surface area contributed by atoms with Crippen molar-refractivity contribution in [2.75, 3.05) is 19.4 Å². The van der Waals surface area contributed by atoms with E-state index in [4.69, 9.17) is 0 Å². The highest BCUT2D eigenvalue weighted by molar-refractivity contribution is 6.04. The van der Waals surface area contributed by atoms with Gasteiger partial charge >= 0.3 is 0 Å². The van der Waals surface area contributed by atoms with Gasteiger partial charge in [0.25, 0.3) is 5.91 Å². The lowest BCUT2D eigenvalue weighted by Gasteiger charge is -2.10. The highest BCUT2D eigenvalue weighted by Crippen LogP contribution is 2.29. The van der Waals surface area contributed by atoms with E-state index in [9.17, 15) is 9.59 Å². The van der Waals surface area contributed by atoms with Gasteiger partial charge in [0, 0.05) is 31.0 Å². The van der Waals surface area contributed by atoms with E-state index in [-0.39, 0.29) is 11.8 Å². The first-order valence-electron chi connectivity index (χ1n) is 10.2. The summed E-state index contributed by atoms with van der Waals surface area (Å²) in [6, 6.07) is 15.5. The molecular formula is C24H26N4O2. The second kappa shape index (κ2) is 8.14. The molecule has 0 radical (unpaired) electrons. The quantitative estimate of drug-likeness (QED) is 0.710. The van der Waals surface area contributed by atoms with Crippen LogP contribution < -0.4 is 5.32 Å². The van der Waals surface area contributed by atoms with Gasteiger partial charge in [-0.25, -0.2) is 4.68 Å². The van der Waals surface area contributed by atoms with Gasteiger partial charge < -0.3 is 10.2 Å². The minimum absolute atomic E-state index is 0.0455. The summed E-state index contributed by atoms with van der Waals surface area (Å²) >= 11 is 0. The summed E-state index contributed by atoms with van der Waals surface area (Å²) in [4.78, 5) is 26.4. The Hall–Kier alpha value is -3.41. The molecule has 0 bridgehead atoms. The number of carbonyl (C=O) groups excluding carboxylic acids is 2. The van der Waals surface area contributed by atoms with Crippen molar-refractivity contribution < 1.29 is 9.59 Å². The first kappa shape index (κ1) is 19.9. The van der Waals surface area contributed by atoms with E-state index in [0.29, 0.717) is 17.8 Å². The third kappa shape index (κ3) is 3.85. The number of benzene rings is 2. The molecule has 154 valence electrons. The standard InChI is InChI=1S/C24H26N4O2/c1-16-7-4-5-9-20(16)28-21-10-6-8-19(21)23(26-28)24(30)25-18-13-11-17(12-14-18)15-22(29)27(2)3/h4-5,7,9,11-14H,6,8,10,15H2,1-3H3,(H,25,30). The molecule has 1 aliphatic rings. The maximum atomic E-state index is 13.0. The number of para-hydroxylation sites is 1. The van der Waals surface area contributed by atoms with Crippen molar-refractivity contribution in [1.29, 1.82) is 0 Å². The number of aryl methyl sites for hydroxylation is 1. The number of likely N-dealkylation sites (N-methyl/N-ethyl adjacent to an activating group) is 1. The fourth-order valence-corrected chi connectivity index (χ4v) is 3.85. The molecule has 6 heteroatoms. The molecule has 0 aliphatic heterocycles. The Labute approximate surface area is 176 Å². The second-order valence-corrected chi connectivity index (χ2v) is 7.94. The summed E-state index contributed by atoms with van der Waals surface area (Å²) in [6.45, 7) is 2.06. The molecule has 6 nitrogen and oxygen atoms in total. The Bertz CT molecular complexity index is 1100. The largest absolute Gasteiger partial charge is 0.349 e. The van der Waals surface area contributed by atoms with Crippen LogP contribution in [0.2, 0.25) is 0 Å². The minimum Gasteiger partial charge on any atom is -0.349 e. The average molecular weight is 402 g/mol. The van der Waals surface area contributed by atoms with E-state index in [1.165, 1.54) is 0 Å². The number of carbonyl (C=O) groups is 2. The summed E-state index contributed by atoms with van der Waals surface area (Å²) in [7, 11) is 3.48. The summed E-state index contributed by atoms with van der Waals surface area (Å²) in [5.74, 6) is -0.151. The van der Waals surface area contributed by atoms with E-state index in [1.807, 2.05) is 47.1 Å². The Balaban J connectivity index is 1.55. The fraction of sp³-hybridized carbons (Fsp3) is 0.292. The smallest absolute Gasteiger partial charge is 0.276 e. The summed E-state index contributed by atoms with van der Waals surface area (Å²) in [6.07, 6.45) is 3.18. The van der Waals surface area contributed by atoms with Crippen LogP contribution >= 0.6 is 0 Å². The van der Waals surface area contributed by atoms with Crippen molar-refractivity contribution in [2.24, 2.45) is 0 Å². The van der Waals surface area contributed by atoms with Crippen molar-refractivity contribution in [3.05, 3.63) is 76.6 Å². The minimum atomic E-state index is -0.197. The van der Waals surface area contributed by atoms with Crippen molar-refractivity contribution in [2.45, 2.75) is 32.6 Å². The molecule has 1 heterocycles. The molecule has 0 atom stereocenters. The van der Waals surface area contributed by atoms with Crippen LogP contribution in [0.5, 0.6) is 0 Å². The molecule has 1 aliphatic carbocycles. The number of nitrogens with zero attached hydrogens (tertiary/aromatic N) is 3. The molecule has 30 heavy (non-hydrogen) atoms. The molecular weight excluding hydrogens is 376 g/mol. The number of anilines is 1. The van der Waals surface area contributed by atoms with Gasteiger partial charge in [0.05, 0.1) is 12.1 Å². The number of nitrogens with one attached hydrogen (secondary N) is 1. The third-order valence-electron chi connectivity index (χ3n) is 5.55. The number of aromatic nitrogens is 2.